The van der Waals surface area contributed by atoms with Crippen LogP contribution in [0.4, 0.5) is 0 Å². The average Bonchev–Trinajstić information content (AvgIpc) is 2.46. The minimum absolute atomic E-state index is 0.287. The third kappa shape index (κ3) is 3.11. The second-order valence-electron chi connectivity index (χ2n) is 4.40. The molecule has 20 heavy (non-hydrogen) atoms. The van der Waals surface area contributed by atoms with E-state index in [2.05, 4.69) is 17.9 Å². The van der Waals surface area contributed by atoms with E-state index in [0.717, 1.165) is 10.8 Å². The van der Waals surface area contributed by atoms with E-state index < -0.39 is 12.0 Å². The van der Waals surface area contributed by atoms with Gasteiger partial charge in [0.05, 0.1) is 0 Å². The highest BCUT2D eigenvalue weighted by molar-refractivity contribution is 7.80. The fourth-order valence-corrected chi connectivity index (χ4v) is 2.30. The van der Waals surface area contributed by atoms with Gasteiger partial charge in [0.1, 0.15) is 6.04 Å². The maximum atomic E-state index is 12.2. The van der Waals surface area contributed by atoms with Gasteiger partial charge < -0.3 is 10.4 Å². The summed E-state index contributed by atoms with van der Waals surface area (Å²) in [5.74, 6) is -1.03. The topological polar surface area (TPSA) is 66.4 Å². The SMILES string of the molecule is O=C(N[C@@H](CCS)C(=O)O)c1cccc2ccccc12. The smallest absolute Gasteiger partial charge is 0.326 e. The molecule has 0 aliphatic carbocycles. The van der Waals surface area contributed by atoms with Crippen LogP contribution in [0.2, 0.25) is 0 Å². The lowest BCUT2D eigenvalue weighted by Gasteiger charge is -2.14. The molecule has 0 aromatic heterocycles. The molecular formula is C15H15NO3S. The summed E-state index contributed by atoms with van der Waals surface area (Å²) in [7, 11) is 0. The summed E-state index contributed by atoms with van der Waals surface area (Å²) in [5.41, 5.74) is 0.480. The molecule has 0 aliphatic heterocycles. The zero-order valence-corrected chi connectivity index (χ0v) is 11.6. The summed E-state index contributed by atoms with van der Waals surface area (Å²) in [5, 5.41) is 13.4. The lowest BCUT2D eigenvalue weighted by molar-refractivity contribution is -0.139. The minimum Gasteiger partial charge on any atom is -0.480 e. The number of aliphatic carboxylic acids is 1. The Balaban J connectivity index is 2.29. The first kappa shape index (κ1) is 14.4. The summed E-state index contributed by atoms with van der Waals surface area (Å²) in [6, 6.07) is 12.0. The molecule has 104 valence electrons. The van der Waals surface area contributed by atoms with Crippen molar-refractivity contribution in [3.63, 3.8) is 0 Å². The number of carboxylic acid groups (broad SMARTS) is 1. The molecule has 2 aromatic rings. The van der Waals surface area contributed by atoms with E-state index in [9.17, 15) is 9.59 Å². The molecule has 2 N–H and O–H groups in total. The van der Waals surface area contributed by atoms with Gasteiger partial charge in [-0.1, -0.05) is 36.4 Å². The Morgan fingerprint density at radius 1 is 1.15 bits per heavy atom. The molecule has 0 fully saturated rings. The third-order valence-electron chi connectivity index (χ3n) is 3.06. The number of fused-ring (bicyclic) bond motifs is 1. The predicted molar refractivity (Wildman–Crippen MR) is 81.3 cm³/mol. The van der Waals surface area contributed by atoms with E-state index in [1.165, 1.54) is 0 Å². The van der Waals surface area contributed by atoms with Crippen LogP contribution >= 0.6 is 12.6 Å². The Hall–Kier alpha value is -2.01. The molecule has 2 aromatic carbocycles. The number of carbonyl (C=O) groups is 2. The number of amides is 1. The highest BCUT2D eigenvalue weighted by atomic mass is 32.1. The van der Waals surface area contributed by atoms with Crippen LogP contribution in [-0.4, -0.2) is 28.8 Å². The van der Waals surface area contributed by atoms with Crippen LogP contribution in [0.1, 0.15) is 16.8 Å². The summed E-state index contributed by atoms with van der Waals surface area (Å²) >= 11 is 4.01. The first-order chi connectivity index (χ1) is 9.63. The minimum atomic E-state index is -1.05. The number of nitrogens with one attached hydrogen (secondary N) is 1. The molecule has 0 saturated carbocycles. The average molecular weight is 289 g/mol. The van der Waals surface area contributed by atoms with E-state index in [0.29, 0.717) is 11.3 Å². The molecular weight excluding hydrogens is 274 g/mol. The molecule has 1 amide bonds. The van der Waals surface area contributed by atoms with Crippen LogP contribution in [0.3, 0.4) is 0 Å². The number of carboxylic acids is 1. The van der Waals surface area contributed by atoms with Crippen LogP contribution < -0.4 is 5.32 Å². The van der Waals surface area contributed by atoms with Crippen molar-refractivity contribution in [2.24, 2.45) is 0 Å². The standard InChI is InChI=1S/C15H15NO3S/c17-14(16-13(8-9-20)15(18)19)12-7-3-5-10-4-1-2-6-11(10)12/h1-7,13,20H,8-9H2,(H,16,17)(H,18,19)/t13-/m0/s1. The molecule has 0 aliphatic rings. The van der Waals surface area contributed by atoms with Gasteiger partial charge in [0, 0.05) is 5.56 Å². The summed E-state index contributed by atoms with van der Waals surface area (Å²) in [4.78, 5) is 23.3. The lowest BCUT2D eigenvalue weighted by Crippen LogP contribution is -2.41. The van der Waals surface area contributed by atoms with Crippen LogP contribution in [0, 0.1) is 0 Å². The zero-order valence-electron chi connectivity index (χ0n) is 10.7. The fourth-order valence-electron chi connectivity index (χ4n) is 2.05. The molecule has 4 nitrogen and oxygen atoms in total. The van der Waals surface area contributed by atoms with Gasteiger partial charge in [-0.25, -0.2) is 4.79 Å². The van der Waals surface area contributed by atoms with E-state index in [1.54, 1.807) is 12.1 Å². The Kier molecular flexibility index (Phi) is 4.63. The van der Waals surface area contributed by atoms with Crippen LogP contribution in [-0.2, 0) is 4.79 Å². The van der Waals surface area contributed by atoms with Crippen LogP contribution in [0.15, 0.2) is 42.5 Å². The Bertz CT molecular complexity index is 637. The predicted octanol–water partition coefficient (Wildman–Crippen LogP) is 2.34. The van der Waals surface area contributed by atoms with Crippen molar-refractivity contribution in [1.82, 2.24) is 5.32 Å². The van der Waals surface area contributed by atoms with Gasteiger partial charge in [-0.15, -0.1) is 0 Å². The van der Waals surface area contributed by atoms with Crippen molar-refractivity contribution in [2.75, 3.05) is 5.75 Å². The second kappa shape index (κ2) is 6.43. The van der Waals surface area contributed by atoms with Crippen molar-refractivity contribution in [2.45, 2.75) is 12.5 Å². The fraction of sp³-hybridized carbons (Fsp3) is 0.200. The van der Waals surface area contributed by atoms with Crippen molar-refractivity contribution in [3.05, 3.63) is 48.0 Å². The molecule has 0 spiro atoms. The van der Waals surface area contributed by atoms with Gasteiger partial charge >= 0.3 is 5.97 Å². The Morgan fingerprint density at radius 2 is 1.85 bits per heavy atom. The van der Waals surface area contributed by atoms with Crippen molar-refractivity contribution < 1.29 is 14.7 Å². The first-order valence-electron chi connectivity index (χ1n) is 6.26. The largest absolute Gasteiger partial charge is 0.480 e. The first-order valence-corrected chi connectivity index (χ1v) is 6.89. The second-order valence-corrected chi connectivity index (χ2v) is 4.85. The van der Waals surface area contributed by atoms with Gasteiger partial charge in [0.25, 0.3) is 5.91 Å². The maximum absolute atomic E-state index is 12.2. The monoisotopic (exact) mass is 289 g/mol. The molecule has 0 radical (unpaired) electrons. The summed E-state index contributed by atoms with van der Waals surface area (Å²) in [6.07, 6.45) is 0.287. The van der Waals surface area contributed by atoms with Crippen LogP contribution in [0.25, 0.3) is 10.8 Å². The number of thiol groups is 1. The molecule has 0 bridgehead atoms. The van der Waals surface area contributed by atoms with Crippen molar-refractivity contribution >= 4 is 35.3 Å². The van der Waals surface area contributed by atoms with Crippen molar-refractivity contribution in [3.8, 4) is 0 Å². The lowest BCUT2D eigenvalue weighted by atomic mass is 10.0. The molecule has 0 heterocycles. The molecule has 2 rings (SSSR count). The van der Waals surface area contributed by atoms with Gasteiger partial charge in [0.15, 0.2) is 0 Å². The van der Waals surface area contributed by atoms with E-state index in [1.807, 2.05) is 30.3 Å². The van der Waals surface area contributed by atoms with Gasteiger partial charge in [-0.3, -0.25) is 4.79 Å². The van der Waals surface area contributed by atoms with Gasteiger partial charge in [0.2, 0.25) is 0 Å². The molecule has 5 heteroatoms. The molecule has 0 unspecified atom stereocenters. The quantitative estimate of drug-likeness (QED) is 0.740. The number of hydrogen-bond donors (Lipinski definition) is 3. The molecule has 0 saturated heterocycles. The van der Waals surface area contributed by atoms with Crippen molar-refractivity contribution in [1.29, 1.82) is 0 Å². The highest BCUT2D eigenvalue weighted by Crippen LogP contribution is 2.18. The number of hydrogen-bond acceptors (Lipinski definition) is 3. The number of benzene rings is 2. The van der Waals surface area contributed by atoms with E-state index in [4.69, 9.17) is 5.11 Å². The Labute approximate surface area is 122 Å². The number of carbonyl (C=O) groups excluding carboxylic acids is 1. The number of rotatable bonds is 5. The van der Waals surface area contributed by atoms with E-state index in [-0.39, 0.29) is 12.3 Å². The zero-order chi connectivity index (χ0) is 14.5. The normalized spacial score (nSPS) is 12.1. The maximum Gasteiger partial charge on any atom is 0.326 e. The Morgan fingerprint density at radius 3 is 2.55 bits per heavy atom. The third-order valence-corrected chi connectivity index (χ3v) is 3.31. The summed E-state index contributed by atoms with van der Waals surface area (Å²) in [6.45, 7) is 0. The summed E-state index contributed by atoms with van der Waals surface area (Å²) < 4.78 is 0. The van der Waals surface area contributed by atoms with Gasteiger partial charge in [-0.2, -0.15) is 12.6 Å². The van der Waals surface area contributed by atoms with Crippen LogP contribution in [0.5, 0.6) is 0 Å². The van der Waals surface area contributed by atoms with E-state index >= 15 is 0 Å². The highest BCUT2D eigenvalue weighted by Gasteiger charge is 2.20. The molecule has 1 atom stereocenters. The van der Waals surface area contributed by atoms with Gasteiger partial charge in [-0.05, 0) is 29.0 Å².